The predicted molar refractivity (Wildman–Crippen MR) is 88.3 cm³/mol. The molecule has 1 aromatic carbocycles. The average Bonchev–Trinajstić information content (AvgIpc) is 2.59. The van der Waals surface area contributed by atoms with E-state index in [1.165, 1.54) is 26.6 Å². The maximum absolute atomic E-state index is 12.2. The molecule has 0 bridgehead atoms. The third-order valence-electron chi connectivity index (χ3n) is 3.53. The Balaban J connectivity index is 2.57. The number of nitrogens with one attached hydrogen (secondary N) is 1. The monoisotopic (exact) mass is 331 g/mol. The van der Waals surface area contributed by atoms with E-state index in [1.54, 1.807) is 6.07 Å². The second-order valence-corrected chi connectivity index (χ2v) is 5.49. The number of benzene rings is 1. The van der Waals surface area contributed by atoms with E-state index >= 15 is 0 Å². The van der Waals surface area contributed by atoms with Crippen LogP contribution in [0.3, 0.4) is 0 Å². The van der Waals surface area contributed by atoms with Crippen LogP contribution in [0.4, 0.5) is 0 Å². The van der Waals surface area contributed by atoms with Gasteiger partial charge in [-0.3, -0.25) is 0 Å². The van der Waals surface area contributed by atoms with Crippen LogP contribution in [0.15, 0.2) is 47.8 Å². The van der Waals surface area contributed by atoms with Crippen molar-refractivity contribution in [3.05, 3.63) is 53.4 Å². The largest absolute Gasteiger partial charge is 0.491 e. The molecule has 1 N–H and O–H groups in total. The predicted octanol–water partition coefficient (Wildman–Crippen LogP) is 2.27. The number of esters is 2. The standard InChI is InChI=1S/C18H21NO5/c1-11(2)24-15-8-6-5-7-12(15)16-13(17(20)22-3)9-19-10-14(16)18(21)23-4/h5-11,16,19H,1-4H3. The third-order valence-corrected chi connectivity index (χ3v) is 3.53. The molecule has 128 valence electrons. The summed E-state index contributed by atoms with van der Waals surface area (Å²) in [6.45, 7) is 3.82. The van der Waals surface area contributed by atoms with Crippen LogP contribution in [0.5, 0.6) is 5.75 Å². The van der Waals surface area contributed by atoms with Gasteiger partial charge in [-0.25, -0.2) is 9.59 Å². The van der Waals surface area contributed by atoms with Gasteiger partial charge < -0.3 is 19.5 Å². The molecule has 0 atom stereocenters. The third kappa shape index (κ3) is 3.59. The Kier molecular flexibility index (Phi) is 5.63. The summed E-state index contributed by atoms with van der Waals surface area (Å²) in [6.07, 6.45) is 2.99. The van der Waals surface area contributed by atoms with Crippen molar-refractivity contribution in [1.29, 1.82) is 0 Å². The highest BCUT2D eigenvalue weighted by molar-refractivity contribution is 5.98. The fourth-order valence-corrected chi connectivity index (χ4v) is 2.56. The first-order valence-electron chi connectivity index (χ1n) is 7.58. The van der Waals surface area contributed by atoms with E-state index in [0.29, 0.717) is 22.5 Å². The van der Waals surface area contributed by atoms with Gasteiger partial charge in [-0.15, -0.1) is 0 Å². The maximum Gasteiger partial charge on any atom is 0.336 e. The first-order valence-corrected chi connectivity index (χ1v) is 7.58. The van der Waals surface area contributed by atoms with Gasteiger partial charge in [-0.05, 0) is 19.9 Å². The number of para-hydroxylation sites is 1. The van der Waals surface area contributed by atoms with Crippen molar-refractivity contribution < 1.29 is 23.8 Å². The van der Waals surface area contributed by atoms with Gasteiger partial charge in [0.05, 0.1) is 37.4 Å². The van der Waals surface area contributed by atoms with E-state index in [2.05, 4.69) is 5.32 Å². The molecular weight excluding hydrogens is 310 g/mol. The number of hydrogen-bond donors (Lipinski definition) is 1. The van der Waals surface area contributed by atoms with E-state index in [4.69, 9.17) is 14.2 Å². The van der Waals surface area contributed by atoms with E-state index < -0.39 is 17.9 Å². The van der Waals surface area contributed by atoms with Crippen LogP contribution in [0.2, 0.25) is 0 Å². The number of rotatable bonds is 5. The van der Waals surface area contributed by atoms with Crippen molar-refractivity contribution in [2.45, 2.75) is 25.9 Å². The molecule has 0 saturated carbocycles. The summed E-state index contributed by atoms with van der Waals surface area (Å²) < 4.78 is 15.6. The van der Waals surface area contributed by atoms with Crippen LogP contribution < -0.4 is 10.1 Å². The van der Waals surface area contributed by atoms with Gasteiger partial charge in [0.15, 0.2) is 0 Å². The van der Waals surface area contributed by atoms with Crippen LogP contribution in [-0.4, -0.2) is 32.3 Å². The number of hydrogen-bond acceptors (Lipinski definition) is 6. The van der Waals surface area contributed by atoms with E-state index in [1.807, 2.05) is 32.0 Å². The summed E-state index contributed by atoms with van der Waals surface area (Å²) in [7, 11) is 2.60. The highest BCUT2D eigenvalue weighted by Crippen LogP contribution is 2.39. The second kappa shape index (κ2) is 7.68. The Morgan fingerprint density at radius 2 is 1.54 bits per heavy atom. The number of ether oxygens (including phenoxy) is 3. The van der Waals surface area contributed by atoms with Crippen molar-refractivity contribution in [2.75, 3.05) is 14.2 Å². The van der Waals surface area contributed by atoms with Crippen molar-refractivity contribution in [1.82, 2.24) is 5.32 Å². The lowest BCUT2D eigenvalue weighted by atomic mass is 9.83. The topological polar surface area (TPSA) is 73.9 Å². The molecule has 0 saturated heterocycles. The lowest BCUT2D eigenvalue weighted by molar-refractivity contribution is -0.137. The molecule has 1 aromatic rings. The average molecular weight is 331 g/mol. The highest BCUT2D eigenvalue weighted by Gasteiger charge is 2.35. The minimum Gasteiger partial charge on any atom is -0.491 e. The Labute approximate surface area is 141 Å². The molecule has 0 fully saturated rings. The normalized spacial score (nSPS) is 14.4. The lowest BCUT2D eigenvalue weighted by Gasteiger charge is -2.26. The molecule has 0 amide bonds. The van der Waals surface area contributed by atoms with Crippen LogP contribution in [0.25, 0.3) is 0 Å². The summed E-state index contributed by atoms with van der Waals surface area (Å²) >= 11 is 0. The van der Waals surface area contributed by atoms with Gasteiger partial charge in [0.1, 0.15) is 5.75 Å². The van der Waals surface area contributed by atoms with Gasteiger partial charge in [0.25, 0.3) is 0 Å². The molecule has 0 radical (unpaired) electrons. The quantitative estimate of drug-likeness (QED) is 0.835. The fourth-order valence-electron chi connectivity index (χ4n) is 2.56. The summed E-state index contributed by atoms with van der Waals surface area (Å²) in [5.41, 5.74) is 1.31. The summed E-state index contributed by atoms with van der Waals surface area (Å²) in [4.78, 5) is 24.4. The Morgan fingerprint density at radius 3 is 2.04 bits per heavy atom. The molecule has 6 nitrogen and oxygen atoms in total. The Morgan fingerprint density at radius 1 is 1.00 bits per heavy atom. The van der Waals surface area contributed by atoms with E-state index in [9.17, 15) is 9.59 Å². The molecule has 0 spiro atoms. The number of carbonyl (C=O) groups excluding carboxylic acids is 2. The molecule has 1 aliphatic rings. The Bertz CT molecular complexity index is 658. The van der Waals surface area contributed by atoms with Crippen molar-refractivity contribution >= 4 is 11.9 Å². The van der Waals surface area contributed by atoms with Crippen molar-refractivity contribution in [2.24, 2.45) is 0 Å². The second-order valence-electron chi connectivity index (χ2n) is 5.49. The van der Waals surface area contributed by atoms with Gasteiger partial charge in [0, 0.05) is 18.0 Å². The molecule has 0 aliphatic carbocycles. The summed E-state index contributed by atoms with van der Waals surface area (Å²) in [5, 5.41) is 2.81. The SMILES string of the molecule is COC(=O)C1=CNC=C(C(=O)OC)C1c1ccccc1OC(C)C. The number of dihydropyridines is 1. The molecule has 1 aliphatic heterocycles. The van der Waals surface area contributed by atoms with Crippen LogP contribution in [0.1, 0.15) is 25.3 Å². The van der Waals surface area contributed by atoms with Crippen LogP contribution in [-0.2, 0) is 19.1 Å². The first-order chi connectivity index (χ1) is 11.5. The van der Waals surface area contributed by atoms with Gasteiger partial charge in [-0.1, -0.05) is 18.2 Å². The van der Waals surface area contributed by atoms with Crippen molar-refractivity contribution in [3.63, 3.8) is 0 Å². The Hall–Kier alpha value is -2.76. The first kappa shape index (κ1) is 17.6. The number of methoxy groups -OCH3 is 2. The van der Waals surface area contributed by atoms with E-state index in [-0.39, 0.29) is 6.10 Å². The molecular formula is C18H21NO5. The van der Waals surface area contributed by atoms with Gasteiger partial charge >= 0.3 is 11.9 Å². The molecule has 0 aromatic heterocycles. The summed E-state index contributed by atoms with van der Waals surface area (Å²) in [6, 6.07) is 7.29. The fraction of sp³-hybridized carbons (Fsp3) is 0.333. The van der Waals surface area contributed by atoms with Crippen LogP contribution in [0, 0.1) is 0 Å². The van der Waals surface area contributed by atoms with E-state index in [0.717, 1.165) is 0 Å². The zero-order valence-electron chi connectivity index (χ0n) is 14.2. The number of carbonyl (C=O) groups is 2. The molecule has 0 unspecified atom stereocenters. The van der Waals surface area contributed by atoms with Crippen molar-refractivity contribution in [3.8, 4) is 5.75 Å². The molecule has 1 heterocycles. The zero-order valence-corrected chi connectivity index (χ0v) is 14.2. The smallest absolute Gasteiger partial charge is 0.336 e. The molecule has 24 heavy (non-hydrogen) atoms. The minimum absolute atomic E-state index is 0.0519. The lowest BCUT2D eigenvalue weighted by Crippen LogP contribution is -2.27. The summed E-state index contributed by atoms with van der Waals surface area (Å²) in [5.74, 6) is -1.09. The van der Waals surface area contributed by atoms with Gasteiger partial charge in [0.2, 0.25) is 0 Å². The highest BCUT2D eigenvalue weighted by atomic mass is 16.5. The van der Waals surface area contributed by atoms with Crippen LogP contribution >= 0.6 is 0 Å². The maximum atomic E-state index is 12.2. The minimum atomic E-state index is -0.638. The molecule has 2 rings (SSSR count). The molecule has 6 heteroatoms. The van der Waals surface area contributed by atoms with Gasteiger partial charge in [-0.2, -0.15) is 0 Å². The zero-order chi connectivity index (χ0) is 17.7.